The number of aromatic carboxylic acids is 1. The summed E-state index contributed by atoms with van der Waals surface area (Å²) in [6.07, 6.45) is 0. The van der Waals surface area contributed by atoms with E-state index in [1.54, 1.807) is 0 Å². The molecule has 0 saturated carbocycles. The number of halogens is 3. The molecule has 1 aromatic rings. The summed E-state index contributed by atoms with van der Waals surface area (Å²) in [5, 5.41) is 8.76. The average Bonchev–Trinajstić information content (AvgIpc) is 2.09. The van der Waals surface area contributed by atoms with Gasteiger partial charge in [-0.3, -0.25) is 0 Å². The first-order chi connectivity index (χ1) is 7.16. The summed E-state index contributed by atoms with van der Waals surface area (Å²) in [7, 11) is 0.658. The van der Waals surface area contributed by atoms with Crippen molar-refractivity contribution < 1.29 is 22.7 Å². The lowest BCUT2D eigenvalue weighted by molar-refractivity contribution is 0.0690. The second-order valence-electron chi connectivity index (χ2n) is 2.91. The van der Waals surface area contributed by atoms with Crippen LogP contribution in [0.3, 0.4) is 0 Å². The first-order valence-corrected chi connectivity index (χ1v) is 6.93. The molecule has 0 atom stereocenters. The van der Waals surface area contributed by atoms with Crippen LogP contribution in [-0.2, 0) is 9.05 Å². The maximum Gasteiger partial charge on any atom is 0.339 e. The quantitative estimate of drug-likeness (QED) is 0.845. The summed E-state index contributed by atoms with van der Waals surface area (Å²) < 4.78 is 35.8. The van der Waals surface area contributed by atoms with Crippen molar-refractivity contribution in [1.29, 1.82) is 0 Å². The molecule has 0 aromatic heterocycles. The van der Waals surface area contributed by atoms with Crippen LogP contribution in [0.25, 0.3) is 0 Å². The second-order valence-corrected chi connectivity index (χ2v) is 6.30. The number of rotatable bonds is 2. The van der Waals surface area contributed by atoms with Gasteiger partial charge in [0.25, 0.3) is 9.05 Å². The fourth-order valence-electron chi connectivity index (χ4n) is 1.13. The normalized spacial score (nSPS) is 11.5. The van der Waals surface area contributed by atoms with E-state index < -0.39 is 31.3 Å². The zero-order valence-corrected chi connectivity index (χ0v) is 10.9. The molecular weight excluding hydrogens is 327 g/mol. The minimum Gasteiger partial charge on any atom is -0.478 e. The van der Waals surface area contributed by atoms with Gasteiger partial charge < -0.3 is 5.11 Å². The van der Waals surface area contributed by atoms with Crippen LogP contribution in [0.5, 0.6) is 0 Å². The van der Waals surface area contributed by atoms with E-state index in [-0.39, 0.29) is 10.0 Å². The third-order valence-electron chi connectivity index (χ3n) is 1.90. The fraction of sp³-hybridized carbons (Fsp3) is 0.125. The Labute approximate surface area is 104 Å². The van der Waals surface area contributed by atoms with E-state index >= 15 is 0 Å². The summed E-state index contributed by atoms with van der Waals surface area (Å²) >= 11 is 2.94. The Hall–Kier alpha value is -0.660. The molecule has 0 heterocycles. The minimum atomic E-state index is -4.32. The van der Waals surface area contributed by atoms with Gasteiger partial charge in [-0.25, -0.2) is 17.6 Å². The highest BCUT2D eigenvalue weighted by molar-refractivity contribution is 9.10. The van der Waals surface area contributed by atoms with Crippen molar-refractivity contribution in [2.75, 3.05) is 0 Å². The zero-order chi connectivity index (χ0) is 12.7. The lowest BCUT2D eigenvalue weighted by atomic mass is 10.1. The molecule has 0 amide bonds. The zero-order valence-electron chi connectivity index (χ0n) is 7.79. The Morgan fingerprint density at radius 3 is 2.44 bits per heavy atom. The van der Waals surface area contributed by atoms with E-state index in [4.69, 9.17) is 15.8 Å². The summed E-state index contributed by atoms with van der Waals surface area (Å²) in [4.78, 5) is 9.92. The standard InChI is InChI=1S/C8H5BrClFO4S/c1-3-4(9)2-5(16(10,14)15)7(11)6(3)8(12)13/h2H,1H3,(H,12,13). The van der Waals surface area contributed by atoms with Gasteiger partial charge in [0.1, 0.15) is 10.5 Å². The lowest BCUT2D eigenvalue weighted by Crippen LogP contribution is -2.09. The molecule has 1 rings (SSSR count). The smallest absolute Gasteiger partial charge is 0.339 e. The van der Waals surface area contributed by atoms with Gasteiger partial charge in [0.2, 0.25) is 0 Å². The van der Waals surface area contributed by atoms with Crippen molar-refractivity contribution in [2.24, 2.45) is 0 Å². The predicted octanol–water partition coefficient (Wildman–Crippen LogP) is 2.52. The highest BCUT2D eigenvalue weighted by Gasteiger charge is 2.25. The van der Waals surface area contributed by atoms with E-state index in [9.17, 15) is 17.6 Å². The van der Waals surface area contributed by atoms with Crippen LogP contribution in [0.1, 0.15) is 15.9 Å². The van der Waals surface area contributed by atoms with Crippen LogP contribution in [0.2, 0.25) is 0 Å². The van der Waals surface area contributed by atoms with E-state index in [1.807, 2.05) is 0 Å². The molecule has 0 saturated heterocycles. The van der Waals surface area contributed by atoms with Crippen LogP contribution < -0.4 is 0 Å². The third kappa shape index (κ3) is 2.36. The van der Waals surface area contributed by atoms with E-state index in [0.717, 1.165) is 6.07 Å². The Balaban J connectivity index is 3.78. The molecule has 4 nitrogen and oxygen atoms in total. The van der Waals surface area contributed by atoms with Crippen LogP contribution in [0, 0.1) is 12.7 Å². The molecule has 0 aliphatic rings. The first-order valence-electron chi connectivity index (χ1n) is 3.82. The molecule has 0 aliphatic carbocycles. The van der Waals surface area contributed by atoms with Crippen molar-refractivity contribution in [1.82, 2.24) is 0 Å². The monoisotopic (exact) mass is 330 g/mol. The van der Waals surface area contributed by atoms with Crippen molar-refractivity contribution in [3.63, 3.8) is 0 Å². The van der Waals surface area contributed by atoms with E-state index in [2.05, 4.69) is 15.9 Å². The molecule has 0 spiro atoms. The number of carbonyl (C=O) groups is 1. The maximum absolute atomic E-state index is 13.6. The lowest BCUT2D eigenvalue weighted by Gasteiger charge is -2.08. The van der Waals surface area contributed by atoms with E-state index in [0.29, 0.717) is 0 Å². The molecule has 8 heteroatoms. The maximum atomic E-state index is 13.6. The summed E-state index contributed by atoms with van der Waals surface area (Å²) in [6, 6.07) is 0.930. The molecule has 0 unspecified atom stereocenters. The van der Waals surface area contributed by atoms with Crippen LogP contribution in [0.4, 0.5) is 4.39 Å². The number of benzene rings is 1. The van der Waals surface area contributed by atoms with Gasteiger partial charge >= 0.3 is 5.97 Å². The molecule has 88 valence electrons. The Kier molecular flexibility index (Phi) is 3.61. The Morgan fingerprint density at radius 2 is 2.06 bits per heavy atom. The Morgan fingerprint density at radius 1 is 1.56 bits per heavy atom. The predicted molar refractivity (Wildman–Crippen MR) is 58.8 cm³/mol. The van der Waals surface area contributed by atoms with Crippen molar-refractivity contribution in [2.45, 2.75) is 11.8 Å². The molecule has 0 aliphatic heterocycles. The summed E-state index contributed by atoms with van der Waals surface area (Å²) in [5.74, 6) is -2.92. The SMILES string of the molecule is Cc1c(Br)cc(S(=O)(=O)Cl)c(F)c1C(=O)O. The highest BCUT2D eigenvalue weighted by atomic mass is 79.9. The first kappa shape index (κ1) is 13.4. The van der Waals surface area contributed by atoms with Gasteiger partial charge in [-0.2, -0.15) is 0 Å². The van der Waals surface area contributed by atoms with Crippen molar-refractivity contribution in [3.8, 4) is 0 Å². The van der Waals surface area contributed by atoms with Gasteiger partial charge in [-0.15, -0.1) is 0 Å². The van der Waals surface area contributed by atoms with Crippen LogP contribution in [-0.4, -0.2) is 19.5 Å². The fourth-order valence-corrected chi connectivity index (χ4v) is 2.62. The molecule has 0 fully saturated rings. The second kappa shape index (κ2) is 4.31. The molecule has 1 N–H and O–H groups in total. The number of hydrogen-bond donors (Lipinski definition) is 1. The number of carboxylic acid groups (broad SMARTS) is 1. The highest BCUT2D eigenvalue weighted by Crippen LogP contribution is 2.30. The minimum absolute atomic E-state index is 0.0917. The van der Waals surface area contributed by atoms with Crippen molar-refractivity contribution in [3.05, 3.63) is 27.5 Å². The largest absolute Gasteiger partial charge is 0.478 e. The van der Waals surface area contributed by atoms with Crippen LogP contribution in [0.15, 0.2) is 15.4 Å². The summed E-state index contributed by atoms with van der Waals surface area (Å²) in [5.41, 5.74) is -0.623. The third-order valence-corrected chi connectivity index (χ3v) is 4.05. The van der Waals surface area contributed by atoms with Gasteiger partial charge in [0.05, 0.1) is 0 Å². The van der Waals surface area contributed by atoms with Gasteiger partial charge in [-0.1, -0.05) is 15.9 Å². The topological polar surface area (TPSA) is 71.4 Å². The van der Waals surface area contributed by atoms with Crippen molar-refractivity contribution >= 4 is 41.6 Å². The number of hydrogen-bond acceptors (Lipinski definition) is 3. The molecule has 1 aromatic carbocycles. The molecule has 0 bridgehead atoms. The summed E-state index contributed by atoms with van der Waals surface area (Å²) in [6.45, 7) is 1.35. The van der Waals surface area contributed by atoms with Gasteiger partial charge in [-0.05, 0) is 18.6 Å². The average molecular weight is 332 g/mol. The molecule has 0 radical (unpaired) electrons. The van der Waals surface area contributed by atoms with Crippen LogP contribution >= 0.6 is 26.6 Å². The number of carboxylic acids is 1. The van der Waals surface area contributed by atoms with Gasteiger partial charge in [0, 0.05) is 15.2 Å². The molecule has 16 heavy (non-hydrogen) atoms. The molecular formula is C8H5BrClFO4S. The van der Waals surface area contributed by atoms with E-state index in [1.165, 1.54) is 6.92 Å². The Bertz CT molecular complexity index is 570. The van der Waals surface area contributed by atoms with Gasteiger partial charge in [0.15, 0.2) is 5.82 Å².